The first-order valence-electron chi connectivity index (χ1n) is 9.99. The van der Waals surface area contributed by atoms with E-state index in [0.717, 1.165) is 18.4 Å². The van der Waals surface area contributed by atoms with Gasteiger partial charge in [0.1, 0.15) is 11.5 Å². The van der Waals surface area contributed by atoms with Crippen molar-refractivity contribution in [3.05, 3.63) is 101 Å². The van der Waals surface area contributed by atoms with Gasteiger partial charge in [-0.3, -0.25) is 9.59 Å². The summed E-state index contributed by atoms with van der Waals surface area (Å²) in [6.07, 6.45) is 4.70. The molecule has 154 valence electrons. The molecule has 0 bridgehead atoms. The fourth-order valence-electron chi connectivity index (χ4n) is 2.98. The molecule has 0 fully saturated rings. The van der Waals surface area contributed by atoms with Crippen LogP contribution in [0, 0.1) is 6.92 Å². The van der Waals surface area contributed by atoms with E-state index in [9.17, 15) is 9.59 Å². The Morgan fingerprint density at radius 3 is 2.40 bits per heavy atom. The zero-order valence-corrected chi connectivity index (χ0v) is 17.2. The molecule has 0 aliphatic carbocycles. The van der Waals surface area contributed by atoms with E-state index >= 15 is 0 Å². The molecule has 1 atom stereocenters. The lowest BCUT2D eigenvalue weighted by Crippen LogP contribution is -2.39. The standard InChI is InChI=1S/C25H26N2O3/c1-18-10-14-21(15-11-18)24(28)27-23(17-22-9-6-16-30-22)25(29)26-19(2)12-13-20-7-4-3-5-8-20/h3-11,14-17,19H,12-13H2,1-2H3,(H,26,29)(H,27,28)/b23-17-. The molecule has 2 amide bonds. The molecule has 3 aromatic rings. The molecule has 0 radical (unpaired) electrons. The summed E-state index contributed by atoms with van der Waals surface area (Å²) in [7, 11) is 0. The van der Waals surface area contributed by atoms with E-state index in [1.165, 1.54) is 17.9 Å². The maximum absolute atomic E-state index is 12.9. The molecule has 5 nitrogen and oxygen atoms in total. The number of hydrogen-bond donors (Lipinski definition) is 2. The van der Waals surface area contributed by atoms with Crippen LogP contribution in [0.1, 0.15) is 40.6 Å². The van der Waals surface area contributed by atoms with Crippen LogP contribution < -0.4 is 10.6 Å². The predicted octanol–water partition coefficient (Wildman–Crippen LogP) is 4.50. The Morgan fingerprint density at radius 2 is 1.73 bits per heavy atom. The summed E-state index contributed by atoms with van der Waals surface area (Å²) in [5, 5.41) is 5.69. The van der Waals surface area contributed by atoms with Crippen molar-refractivity contribution < 1.29 is 14.0 Å². The van der Waals surface area contributed by atoms with E-state index < -0.39 is 0 Å². The molecule has 5 heteroatoms. The normalized spacial score (nSPS) is 12.3. The van der Waals surface area contributed by atoms with Crippen molar-refractivity contribution in [2.24, 2.45) is 0 Å². The van der Waals surface area contributed by atoms with Crippen molar-refractivity contribution in [2.75, 3.05) is 0 Å². The van der Waals surface area contributed by atoms with Crippen molar-refractivity contribution in [1.82, 2.24) is 10.6 Å². The first-order valence-corrected chi connectivity index (χ1v) is 9.99. The molecular formula is C25H26N2O3. The second-order valence-electron chi connectivity index (χ2n) is 7.29. The van der Waals surface area contributed by atoms with E-state index in [-0.39, 0.29) is 23.6 Å². The van der Waals surface area contributed by atoms with Crippen LogP contribution in [0.3, 0.4) is 0 Å². The van der Waals surface area contributed by atoms with Crippen LogP contribution >= 0.6 is 0 Å². The molecule has 1 aromatic heterocycles. The van der Waals surface area contributed by atoms with Crippen molar-refractivity contribution >= 4 is 17.9 Å². The van der Waals surface area contributed by atoms with Gasteiger partial charge in [-0.2, -0.15) is 0 Å². The van der Waals surface area contributed by atoms with Gasteiger partial charge in [0.05, 0.1) is 6.26 Å². The van der Waals surface area contributed by atoms with Crippen molar-refractivity contribution in [3.63, 3.8) is 0 Å². The van der Waals surface area contributed by atoms with Gasteiger partial charge in [-0.05, 0) is 56.5 Å². The minimum Gasteiger partial charge on any atom is -0.465 e. The fourth-order valence-corrected chi connectivity index (χ4v) is 2.98. The van der Waals surface area contributed by atoms with Crippen LogP contribution in [0.15, 0.2) is 83.1 Å². The maximum Gasteiger partial charge on any atom is 0.268 e. The molecule has 0 saturated heterocycles. The van der Waals surface area contributed by atoms with Crippen LogP contribution in [-0.2, 0) is 11.2 Å². The zero-order valence-electron chi connectivity index (χ0n) is 17.2. The topological polar surface area (TPSA) is 71.3 Å². The number of furan rings is 1. The molecule has 0 aliphatic rings. The summed E-state index contributed by atoms with van der Waals surface area (Å²) in [5.41, 5.74) is 2.90. The Balaban J connectivity index is 1.67. The third-order valence-corrected chi connectivity index (χ3v) is 4.72. The number of carbonyl (C=O) groups is 2. The average Bonchev–Trinajstić information content (AvgIpc) is 3.26. The summed E-state index contributed by atoms with van der Waals surface area (Å²) in [5.74, 6) is -0.214. The number of aryl methyl sites for hydroxylation is 2. The highest BCUT2D eigenvalue weighted by Gasteiger charge is 2.17. The Morgan fingerprint density at radius 1 is 1.00 bits per heavy atom. The number of benzene rings is 2. The summed E-state index contributed by atoms with van der Waals surface area (Å²) < 4.78 is 5.32. The lowest BCUT2D eigenvalue weighted by atomic mass is 10.1. The first-order chi connectivity index (χ1) is 14.5. The molecule has 2 N–H and O–H groups in total. The fraction of sp³-hybridized carbons (Fsp3) is 0.200. The van der Waals surface area contributed by atoms with E-state index in [1.807, 2.05) is 44.2 Å². The molecule has 1 heterocycles. The molecule has 1 unspecified atom stereocenters. The number of hydrogen-bond acceptors (Lipinski definition) is 3. The quantitative estimate of drug-likeness (QED) is 0.545. The minimum absolute atomic E-state index is 0.0611. The lowest BCUT2D eigenvalue weighted by molar-refractivity contribution is -0.118. The predicted molar refractivity (Wildman–Crippen MR) is 118 cm³/mol. The van der Waals surface area contributed by atoms with Crippen molar-refractivity contribution in [2.45, 2.75) is 32.7 Å². The van der Waals surface area contributed by atoms with Gasteiger partial charge in [0.2, 0.25) is 0 Å². The third-order valence-electron chi connectivity index (χ3n) is 4.72. The third kappa shape index (κ3) is 6.21. The summed E-state index contributed by atoms with van der Waals surface area (Å²) in [6, 6.07) is 20.7. The van der Waals surface area contributed by atoms with Gasteiger partial charge in [0.15, 0.2) is 0 Å². The first kappa shape index (κ1) is 21.1. The molecule has 0 spiro atoms. The lowest BCUT2D eigenvalue weighted by Gasteiger charge is -2.16. The summed E-state index contributed by atoms with van der Waals surface area (Å²) in [4.78, 5) is 25.5. The highest BCUT2D eigenvalue weighted by Crippen LogP contribution is 2.10. The van der Waals surface area contributed by atoms with Crippen LogP contribution in [0.4, 0.5) is 0 Å². The second kappa shape index (κ2) is 10.3. The monoisotopic (exact) mass is 402 g/mol. The van der Waals surface area contributed by atoms with E-state index in [0.29, 0.717) is 11.3 Å². The highest BCUT2D eigenvalue weighted by atomic mass is 16.3. The maximum atomic E-state index is 12.9. The molecule has 0 saturated carbocycles. The Kier molecular flexibility index (Phi) is 7.22. The number of carbonyl (C=O) groups excluding carboxylic acids is 2. The van der Waals surface area contributed by atoms with E-state index in [2.05, 4.69) is 22.8 Å². The summed E-state index contributed by atoms with van der Waals surface area (Å²) in [6.45, 7) is 3.90. The van der Waals surface area contributed by atoms with Gasteiger partial charge < -0.3 is 15.1 Å². The Bertz CT molecular complexity index is 991. The van der Waals surface area contributed by atoms with Gasteiger partial charge >= 0.3 is 0 Å². The minimum atomic E-state index is -0.354. The Labute approximate surface area is 176 Å². The average molecular weight is 402 g/mol. The molecule has 0 aliphatic heterocycles. The Hall–Kier alpha value is -3.60. The second-order valence-corrected chi connectivity index (χ2v) is 7.29. The van der Waals surface area contributed by atoms with Gasteiger partial charge in [-0.25, -0.2) is 0 Å². The van der Waals surface area contributed by atoms with E-state index in [4.69, 9.17) is 4.42 Å². The van der Waals surface area contributed by atoms with Crippen molar-refractivity contribution in [3.8, 4) is 0 Å². The molecule has 3 rings (SSSR count). The van der Waals surface area contributed by atoms with Gasteiger partial charge in [-0.15, -0.1) is 0 Å². The van der Waals surface area contributed by atoms with Crippen LogP contribution in [0.5, 0.6) is 0 Å². The molecule has 2 aromatic carbocycles. The van der Waals surface area contributed by atoms with Crippen LogP contribution in [-0.4, -0.2) is 17.9 Å². The SMILES string of the molecule is Cc1ccc(C(=O)N/C(=C\c2ccco2)C(=O)NC(C)CCc2ccccc2)cc1. The van der Waals surface area contributed by atoms with Gasteiger partial charge in [0, 0.05) is 17.7 Å². The van der Waals surface area contributed by atoms with Gasteiger partial charge in [-0.1, -0.05) is 48.0 Å². The summed E-state index contributed by atoms with van der Waals surface area (Å²) >= 11 is 0. The van der Waals surface area contributed by atoms with Gasteiger partial charge in [0.25, 0.3) is 11.8 Å². The number of rotatable bonds is 8. The largest absolute Gasteiger partial charge is 0.465 e. The zero-order chi connectivity index (χ0) is 21.3. The van der Waals surface area contributed by atoms with Crippen molar-refractivity contribution in [1.29, 1.82) is 0 Å². The van der Waals surface area contributed by atoms with Crippen LogP contribution in [0.2, 0.25) is 0 Å². The highest BCUT2D eigenvalue weighted by molar-refractivity contribution is 6.05. The number of nitrogens with one attached hydrogen (secondary N) is 2. The van der Waals surface area contributed by atoms with Crippen LogP contribution in [0.25, 0.3) is 6.08 Å². The van der Waals surface area contributed by atoms with E-state index in [1.54, 1.807) is 24.3 Å². The molecular weight excluding hydrogens is 376 g/mol. The number of amides is 2. The molecule has 30 heavy (non-hydrogen) atoms. The smallest absolute Gasteiger partial charge is 0.268 e.